The van der Waals surface area contributed by atoms with Crippen LogP contribution in [0.1, 0.15) is 11.1 Å². The molecule has 0 saturated heterocycles. The summed E-state index contributed by atoms with van der Waals surface area (Å²) < 4.78 is 15.4. The summed E-state index contributed by atoms with van der Waals surface area (Å²) in [6.45, 7) is -0.130. The van der Waals surface area contributed by atoms with E-state index in [1.807, 2.05) is 41.7 Å². The van der Waals surface area contributed by atoms with Crippen LogP contribution >= 0.6 is 11.9 Å². The third-order valence-electron chi connectivity index (χ3n) is 4.31. The molecule has 2 N–H and O–H groups in total. The first-order valence-electron chi connectivity index (χ1n) is 8.21. The zero-order valence-electron chi connectivity index (χ0n) is 14.0. The van der Waals surface area contributed by atoms with Crippen LogP contribution in [0.5, 0.6) is 0 Å². The van der Waals surface area contributed by atoms with Gasteiger partial charge in [0, 0.05) is 4.90 Å². The van der Waals surface area contributed by atoms with Crippen molar-refractivity contribution in [3.63, 3.8) is 0 Å². The number of likely N-dealkylation sites (N-methyl/N-ethyl adjacent to an activating group) is 1. The molecule has 2 aromatic rings. The summed E-state index contributed by atoms with van der Waals surface area (Å²) in [6, 6.07) is 13.7. The van der Waals surface area contributed by atoms with E-state index in [0.29, 0.717) is 12.8 Å². The second-order valence-electron chi connectivity index (χ2n) is 6.19. The van der Waals surface area contributed by atoms with Crippen molar-refractivity contribution in [2.24, 2.45) is 0 Å². The van der Waals surface area contributed by atoms with Crippen molar-refractivity contribution < 1.29 is 14.3 Å². The van der Waals surface area contributed by atoms with Crippen LogP contribution in [-0.2, 0) is 17.6 Å². The van der Waals surface area contributed by atoms with Crippen molar-refractivity contribution in [3.8, 4) is 0 Å². The van der Waals surface area contributed by atoms with E-state index in [-0.39, 0.29) is 24.4 Å². The van der Waals surface area contributed by atoms with Gasteiger partial charge in [0.25, 0.3) is 0 Å². The number of amides is 1. The van der Waals surface area contributed by atoms with Gasteiger partial charge < -0.3 is 10.4 Å². The van der Waals surface area contributed by atoms with Crippen LogP contribution in [0.25, 0.3) is 0 Å². The second kappa shape index (κ2) is 7.99. The molecule has 1 amide bonds. The zero-order valence-corrected chi connectivity index (χ0v) is 14.8. The smallest absolute Gasteiger partial charge is 0.238 e. The number of nitrogens with one attached hydrogen (secondary N) is 1. The summed E-state index contributed by atoms with van der Waals surface area (Å²) in [7, 11) is 1.85. The van der Waals surface area contributed by atoms with E-state index in [4.69, 9.17) is 0 Å². The number of carbonyl (C=O) groups is 1. The van der Waals surface area contributed by atoms with Crippen LogP contribution in [0.2, 0.25) is 0 Å². The Balaban J connectivity index is 1.67. The number of hydrogen-bond acceptors (Lipinski definition) is 4. The molecule has 6 heteroatoms. The molecule has 1 heterocycles. The molecule has 1 aliphatic heterocycles. The molecule has 0 spiro atoms. The normalized spacial score (nSPS) is 18.4. The van der Waals surface area contributed by atoms with E-state index in [9.17, 15) is 14.3 Å². The molecule has 0 radical (unpaired) electrons. The van der Waals surface area contributed by atoms with Crippen molar-refractivity contribution in [2.45, 2.75) is 29.8 Å². The highest BCUT2D eigenvalue weighted by atomic mass is 32.2. The number of benzene rings is 2. The molecule has 0 bridgehead atoms. The molecular weight excluding hydrogens is 339 g/mol. The number of rotatable bonds is 5. The fraction of sp³-hybridized carbons (Fsp3) is 0.316. The summed E-state index contributed by atoms with van der Waals surface area (Å²) >= 11 is 1.44. The van der Waals surface area contributed by atoms with E-state index >= 15 is 0 Å². The fourth-order valence-electron chi connectivity index (χ4n) is 2.97. The quantitative estimate of drug-likeness (QED) is 0.804. The summed E-state index contributed by atoms with van der Waals surface area (Å²) in [5, 5.41) is 12.5. The molecule has 0 aliphatic carbocycles. The maximum Gasteiger partial charge on any atom is 0.238 e. The molecule has 25 heavy (non-hydrogen) atoms. The predicted molar refractivity (Wildman–Crippen MR) is 96.7 cm³/mol. The standard InChI is InChI=1S/C19H21FN2O2S/c1-22-17(11-14-10-15(20)7-8-18(14)25-22)19(24)21-16(12-23)9-13-5-3-2-4-6-13/h2-8,10,16-17,23H,9,11-12H2,1H3,(H,21,24)/t16-,17?/m0/s1. The minimum absolute atomic E-state index is 0.130. The maximum atomic E-state index is 13.5. The average molecular weight is 360 g/mol. The van der Waals surface area contributed by atoms with Gasteiger partial charge in [0.05, 0.1) is 12.6 Å². The topological polar surface area (TPSA) is 52.6 Å². The molecule has 0 aromatic heterocycles. The van der Waals surface area contributed by atoms with Crippen molar-refractivity contribution in [3.05, 3.63) is 65.5 Å². The van der Waals surface area contributed by atoms with Gasteiger partial charge in [0.15, 0.2) is 0 Å². The predicted octanol–water partition coefficient (Wildman–Crippen LogP) is 2.41. The van der Waals surface area contributed by atoms with E-state index < -0.39 is 6.04 Å². The lowest BCUT2D eigenvalue weighted by molar-refractivity contribution is -0.125. The van der Waals surface area contributed by atoms with E-state index in [0.717, 1.165) is 16.0 Å². The Kier molecular flexibility index (Phi) is 5.73. The van der Waals surface area contributed by atoms with Gasteiger partial charge >= 0.3 is 0 Å². The molecule has 0 fully saturated rings. The van der Waals surface area contributed by atoms with E-state index in [1.165, 1.54) is 24.1 Å². The van der Waals surface area contributed by atoms with Gasteiger partial charge in [-0.3, -0.25) is 4.79 Å². The third kappa shape index (κ3) is 4.39. The largest absolute Gasteiger partial charge is 0.394 e. The Hall–Kier alpha value is -1.89. The molecule has 2 aromatic carbocycles. The number of hydrogen-bond donors (Lipinski definition) is 2. The first kappa shape index (κ1) is 17.9. The number of halogens is 1. The van der Waals surface area contributed by atoms with Crippen LogP contribution in [0.15, 0.2) is 53.4 Å². The average Bonchev–Trinajstić information content (AvgIpc) is 2.61. The minimum Gasteiger partial charge on any atom is -0.394 e. The summed E-state index contributed by atoms with van der Waals surface area (Å²) in [5.41, 5.74) is 1.90. The Morgan fingerprint density at radius 1 is 1.36 bits per heavy atom. The maximum absolute atomic E-state index is 13.5. The van der Waals surface area contributed by atoms with Crippen LogP contribution in [0.4, 0.5) is 4.39 Å². The Morgan fingerprint density at radius 3 is 2.84 bits per heavy atom. The Labute approximate surface area is 151 Å². The molecule has 132 valence electrons. The first-order valence-corrected chi connectivity index (χ1v) is 8.98. The lowest BCUT2D eigenvalue weighted by Gasteiger charge is -2.32. The van der Waals surface area contributed by atoms with Gasteiger partial charge in [-0.2, -0.15) is 0 Å². The van der Waals surface area contributed by atoms with Crippen LogP contribution < -0.4 is 5.32 Å². The van der Waals surface area contributed by atoms with E-state index in [2.05, 4.69) is 5.32 Å². The number of fused-ring (bicyclic) bond motifs is 1. The van der Waals surface area contributed by atoms with Crippen LogP contribution in [-0.4, -0.2) is 41.1 Å². The number of nitrogens with zero attached hydrogens (tertiary/aromatic N) is 1. The molecule has 1 aliphatic rings. The molecule has 4 nitrogen and oxygen atoms in total. The third-order valence-corrected chi connectivity index (χ3v) is 5.45. The highest BCUT2D eigenvalue weighted by molar-refractivity contribution is 7.97. The molecule has 1 unspecified atom stereocenters. The summed E-state index contributed by atoms with van der Waals surface area (Å²) in [4.78, 5) is 13.7. The van der Waals surface area contributed by atoms with Crippen LogP contribution in [0.3, 0.4) is 0 Å². The molecule has 3 rings (SSSR count). The van der Waals surface area contributed by atoms with Gasteiger partial charge in [0.2, 0.25) is 5.91 Å². The van der Waals surface area contributed by atoms with E-state index in [1.54, 1.807) is 6.07 Å². The van der Waals surface area contributed by atoms with Gasteiger partial charge in [-0.05, 0) is 61.2 Å². The minimum atomic E-state index is -0.399. The lowest BCUT2D eigenvalue weighted by Crippen LogP contribution is -2.50. The highest BCUT2D eigenvalue weighted by Gasteiger charge is 2.31. The van der Waals surface area contributed by atoms with Crippen molar-refractivity contribution >= 4 is 17.9 Å². The zero-order chi connectivity index (χ0) is 17.8. The number of carbonyl (C=O) groups excluding carboxylic acids is 1. The second-order valence-corrected chi connectivity index (χ2v) is 7.39. The van der Waals surface area contributed by atoms with Gasteiger partial charge in [-0.1, -0.05) is 30.3 Å². The van der Waals surface area contributed by atoms with Gasteiger partial charge in [-0.15, -0.1) is 0 Å². The SMILES string of the molecule is CN1Sc2ccc(F)cc2CC1C(=O)N[C@H](CO)Cc1ccccc1. The number of aliphatic hydroxyl groups is 1. The Bertz CT molecular complexity index is 741. The van der Waals surface area contributed by atoms with Gasteiger partial charge in [0.1, 0.15) is 11.9 Å². The summed E-state index contributed by atoms with van der Waals surface area (Å²) in [6.07, 6.45) is 1.02. The van der Waals surface area contributed by atoms with Gasteiger partial charge in [-0.25, -0.2) is 8.70 Å². The molecular formula is C19H21FN2O2S. The first-order chi connectivity index (χ1) is 12.1. The highest BCUT2D eigenvalue weighted by Crippen LogP contribution is 2.34. The lowest BCUT2D eigenvalue weighted by atomic mass is 10.0. The summed E-state index contributed by atoms with van der Waals surface area (Å²) in [5.74, 6) is -0.444. The monoisotopic (exact) mass is 360 g/mol. The molecule has 2 atom stereocenters. The van der Waals surface area contributed by atoms with Crippen molar-refractivity contribution in [1.29, 1.82) is 0 Å². The fourth-order valence-corrected chi connectivity index (χ4v) is 3.96. The molecule has 0 saturated carbocycles. The van der Waals surface area contributed by atoms with Crippen LogP contribution in [0, 0.1) is 5.82 Å². The Morgan fingerprint density at radius 2 is 2.12 bits per heavy atom. The van der Waals surface area contributed by atoms with Crippen molar-refractivity contribution in [2.75, 3.05) is 13.7 Å². The van der Waals surface area contributed by atoms with Crippen molar-refractivity contribution in [1.82, 2.24) is 9.62 Å². The number of aliphatic hydroxyl groups excluding tert-OH is 1.